The molecule has 31 heavy (non-hydrogen) atoms. The molecule has 0 radical (unpaired) electrons. The number of amides is 2. The summed E-state index contributed by atoms with van der Waals surface area (Å²) in [6.07, 6.45) is 0. The molecule has 1 atom stereocenters. The summed E-state index contributed by atoms with van der Waals surface area (Å²) >= 11 is 0. The van der Waals surface area contributed by atoms with Crippen molar-refractivity contribution in [2.75, 3.05) is 44.7 Å². The Labute approximate surface area is 180 Å². The zero-order valence-corrected chi connectivity index (χ0v) is 17.3. The smallest absolute Gasteiger partial charge is 0.338 e. The van der Waals surface area contributed by atoms with Crippen LogP contribution in [-0.2, 0) is 9.53 Å². The number of carbonyl (C=O) groups is 2. The molecule has 7 nitrogen and oxygen atoms in total. The van der Waals surface area contributed by atoms with Crippen molar-refractivity contribution in [2.24, 2.45) is 0 Å². The summed E-state index contributed by atoms with van der Waals surface area (Å²) in [6.45, 7) is 3.04. The average Bonchev–Trinajstić information content (AvgIpc) is 2.80. The van der Waals surface area contributed by atoms with Crippen LogP contribution in [0.1, 0.15) is 11.6 Å². The molecule has 0 unspecified atom stereocenters. The Balaban J connectivity index is 1.54. The number of para-hydroxylation sites is 1. The summed E-state index contributed by atoms with van der Waals surface area (Å²) in [7, 11) is 1.33. The van der Waals surface area contributed by atoms with Crippen LogP contribution >= 0.6 is 0 Å². The minimum atomic E-state index is -0.586. The van der Waals surface area contributed by atoms with Crippen molar-refractivity contribution >= 4 is 17.7 Å². The van der Waals surface area contributed by atoms with E-state index in [0.29, 0.717) is 49.7 Å². The lowest BCUT2D eigenvalue weighted by Crippen LogP contribution is -2.51. The second-order valence-corrected chi connectivity index (χ2v) is 7.54. The lowest BCUT2D eigenvalue weighted by atomic mass is 9.95. The van der Waals surface area contributed by atoms with Gasteiger partial charge in [-0.25, -0.2) is 14.0 Å². The van der Waals surface area contributed by atoms with E-state index in [4.69, 9.17) is 4.74 Å². The van der Waals surface area contributed by atoms with Gasteiger partial charge in [0.15, 0.2) is 0 Å². The molecule has 1 saturated heterocycles. The predicted molar refractivity (Wildman–Crippen MR) is 115 cm³/mol. The van der Waals surface area contributed by atoms with Gasteiger partial charge in [-0.15, -0.1) is 0 Å². The van der Waals surface area contributed by atoms with Gasteiger partial charge in [0.25, 0.3) is 0 Å². The molecule has 0 aliphatic carbocycles. The molecule has 4 rings (SSSR count). The van der Waals surface area contributed by atoms with Crippen LogP contribution < -0.4 is 15.5 Å². The molecule has 0 saturated carbocycles. The number of piperazine rings is 1. The highest BCUT2D eigenvalue weighted by Gasteiger charge is 2.34. The molecule has 2 aromatic rings. The number of urea groups is 1. The lowest BCUT2D eigenvalue weighted by Gasteiger charge is -2.38. The molecule has 2 amide bonds. The van der Waals surface area contributed by atoms with Gasteiger partial charge in [0.05, 0.1) is 24.4 Å². The molecular formula is C23H25FN4O3. The maximum Gasteiger partial charge on any atom is 0.338 e. The number of methoxy groups -OCH3 is 1. The summed E-state index contributed by atoms with van der Waals surface area (Å²) in [5, 5.41) is 5.62. The van der Waals surface area contributed by atoms with Gasteiger partial charge in [-0.2, -0.15) is 0 Å². The summed E-state index contributed by atoms with van der Waals surface area (Å²) < 4.78 is 19.1. The number of nitrogens with one attached hydrogen (secondary N) is 2. The zero-order chi connectivity index (χ0) is 21.8. The first-order valence-corrected chi connectivity index (χ1v) is 10.2. The number of esters is 1. The molecule has 0 aromatic heterocycles. The number of benzene rings is 2. The van der Waals surface area contributed by atoms with Gasteiger partial charge < -0.3 is 20.3 Å². The van der Waals surface area contributed by atoms with E-state index in [1.54, 1.807) is 12.1 Å². The van der Waals surface area contributed by atoms with E-state index in [9.17, 15) is 14.0 Å². The summed E-state index contributed by atoms with van der Waals surface area (Å²) in [4.78, 5) is 29.1. The van der Waals surface area contributed by atoms with Crippen LogP contribution in [0, 0.1) is 5.82 Å². The van der Waals surface area contributed by atoms with Gasteiger partial charge in [0, 0.05) is 38.4 Å². The molecule has 0 spiro atoms. The van der Waals surface area contributed by atoms with Crippen LogP contribution in [0.25, 0.3) is 0 Å². The second kappa shape index (κ2) is 9.18. The first kappa shape index (κ1) is 20.9. The number of ether oxygens (including phenoxy) is 1. The Kier molecular flexibility index (Phi) is 6.18. The van der Waals surface area contributed by atoms with Crippen molar-refractivity contribution in [2.45, 2.75) is 6.04 Å². The lowest BCUT2D eigenvalue weighted by molar-refractivity contribution is -0.136. The Morgan fingerprint density at radius 1 is 1.06 bits per heavy atom. The summed E-state index contributed by atoms with van der Waals surface area (Å²) in [5.41, 5.74) is 2.32. The van der Waals surface area contributed by atoms with Crippen LogP contribution in [0.15, 0.2) is 65.9 Å². The van der Waals surface area contributed by atoms with E-state index in [1.165, 1.54) is 13.2 Å². The minimum absolute atomic E-state index is 0.233. The van der Waals surface area contributed by atoms with E-state index < -0.39 is 12.0 Å². The Hall–Kier alpha value is -3.39. The number of carbonyl (C=O) groups excluding carboxylic acids is 2. The SMILES string of the molecule is COC(=O)C1=C(CN2CCN(c3ccccc3F)CC2)NC(=O)N[C@@H]1c1ccccc1. The number of hydrogen-bond acceptors (Lipinski definition) is 5. The molecule has 2 heterocycles. The third-order valence-electron chi connectivity index (χ3n) is 5.64. The maximum absolute atomic E-state index is 14.1. The highest BCUT2D eigenvalue weighted by Crippen LogP contribution is 2.28. The van der Waals surface area contributed by atoms with E-state index >= 15 is 0 Å². The van der Waals surface area contributed by atoms with Gasteiger partial charge in [0.1, 0.15) is 5.82 Å². The molecule has 2 N–H and O–H groups in total. The molecule has 162 valence electrons. The number of anilines is 1. The van der Waals surface area contributed by atoms with Gasteiger partial charge in [-0.05, 0) is 17.7 Å². The average molecular weight is 424 g/mol. The van der Waals surface area contributed by atoms with E-state index in [-0.39, 0.29) is 11.8 Å². The van der Waals surface area contributed by atoms with Crippen molar-refractivity contribution in [1.29, 1.82) is 0 Å². The zero-order valence-electron chi connectivity index (χ0n) is 17.3. The van der Waals surface area contributed by atoms with Gasteiger partial charge in [0.2, 0.25) is 0 Å². The number of halogens is 1. The fourth-order valence-electron chi connectivity index (χ4n) is 4.07. The molecule has 8 heteroatoms. The highest BCUT2D eigenvalue weighted by atomic mass is 19.1. The van der Waals surface area contributed by atoms with E-state index in [2.05, 4.69) is 15.5 Å². The topological polar surface area (TPSA) is 73.9 Å². The van der Waals surface area contributed by atoms with Crippen LogP contribution in [0.3, 0.4) is 0 Å². The van der Waals surface area contributed by atoms with Gasteiger partial charge in [-0.3, -0.25) is 4.90 Å². The normalized spacial score (nSPS) is 19.6. The Morgan fingerprint density at radius 3 is 2.42 bits per heavy atom. The Bertz CT molecular complexity index is 987. The van der Waals surface area contributed by atoms with Crippen molar-refractivity contribution < 1.29 is 18.7 Å². The molecule has 2 aliphatic rings. The molecule has 2 aromatic carbocycles. The highest BCUT2D eigenvalue weighted by molar-refractivity contribution is 5.95. The minimum Gasteiger partial charge on any atom is -0.466 e. The largest absolute Gasteiger partial charge is 0.466 e. The molecule has 0 bridgehead atoms. The van der Waals surface area contributed by atoms with Crippen LogP contribution in [-0.4, -0.2) is 56.7 Å². The molecular weight excluding hydrogens is 399 g/mol. The van der Waals surface area contributed by atoms with E-state index in [0.717, 1.165) is 5.56 Å². The molecule has 2 aliphatic heterocycles. The summed E-state index contributed by atoms with van der Waals surface area (Å²) in [5.74, 6) is -0.718. The van der Waals surface area contributed by atoms with Crippen molar-refractivity contribution in [3.8, 4) is 0 Å². The van der Waals surface area contributed by atoms with Crippen LogP contribution in [0.2, 0.25) is 0 Å². The quantitative estimate of drug-likeness (QED) is 0.722. The number of rotatable bonds is 5. The number of nitrogens with zero attached hydrogens (tertiary/aromatic N) is 2. The fraction of sp³-hybridized carbons (Fsp3) is 0.304. The van der Waals surface area contributed by atoms with Crippen LogP contribution in [0.4, 0.5) is 14.9 Å². The van der Waals surface area contributed by atoms with E-state index in [1.807, 2.05) is 41.3 Å². The Morgan fingerprint density at radius 2 is 1.74 bits per heavy atom. The van der Waals surface area contributed by atoms with Crippen LogP contribution in [0.5, 0.6) is 0 Å². The van der Waals surface area contributed by atoms with Gasteiger partial charge in [-0.1, -0.05) is 42.5 Å². The predicted octanol–water partition coefficient (Wildman–Crippen LogP) is 2.43. The number of hydrogen-bond donors (Lipinski definition) is 2. The third-order valence-corrected chi connectivity index (χ3v) is 5.64. The monoisotopic (exact) mass is 424 g/mol. The fourth-order valence-corrected chi connectivity index (χ4v) is 4.07. The third kappa shape index (κ3) is 4.54. The molecule has 1 fully saturated rings. The van der Waals surface area contributed by atoms with Crippen molar-refractivity contribution in [3.63, 3.8) is 0 Å². The van der Waals surface area contributed by atoms with Crippen molar-refractivity contribution in [1.82, 2.24) is 15.5 Å². The first-order chi connectivity index (χ1) is 15.1. The standard InChI is InChI=1S/C23H25FN4O3/c1-31-22(29)20-18(25-23(30)26-21(20)16-7-3-2-4-8-16)15-27-11-13-28(14-12-27)19-10-6-5-9-17(19)24/h2-10,21H,11-15H2,1H3,(H2,25,26,30)/t21-/m1/s1. The summed E-state index contributed by atoms with van der Waals surface area (Å²) in [6, 6.07) is 15.1. The van der Waals surface area contributed by atoms with Gasteiger partial charge >= 0.3 is 12.0 Å². The first-order valence-electron chi connectivity index (χ1n) is 10.2. The maximum atomic E-state index is 14.1. The van der Waals surface area contributed by atoms with Crippen molar-refractivity contribution in [3.05, 3.63) is 77.2 Å². The second-order valence-electron chi connectivity index (χ2n) is 7.54.